The van der Waals surface area contributed by atoms with E-state index in [1.807, 2.05) is 30.3 Å². The Balaban J connectivity index is 2.31. The van der Waals surface area contributed by atoms with Gasteiger partial charge in [0.25, 0.3) is 0 Å². The summed E-state index contributed by atoms with van der Waals surface area (Å²) < 4.78 is 0. The summed E-state index contributed by atoms with van der Waals surface area (Å²) in [5, 5.41) is 11.1. The number of carboxylic acid groups (broad SMARTS) is 1. The molecule has 5 nitrogen and oxygen atoms in total. The summed E-state index contributed by atoms with van der Waals surface area (Å²) in [6.45, 7) is -0.187. The highest BCUT2D eigenvalue weighted by Gasteiger charge is 2.37. The number of nitrogens with zero attached hydrogens (tertiary/aromatic N) is 1. The molecule has 1 saturated heterocycles. The van der Waals surface area contributed by atoms with E-state index < -0.39 is 12.0 Å². The number of carbonyl (C=O) groups is 2. The van der Waals surface area contributed by atoms with Crippen LogP contribution in [0, 0.1) is 0 Å². The first-order valence-corrected chi connectivity index (χ1v) is 5.92. The van der Waals surface area contributed by atoms with E-state index in [0.717, 1.165) is 5.56 Å². The summed E-state index contributed by atoms with van der Waals surface area (Å²) in [6.07, 6.45) is 1.03. The van der Waals surface area contributed by atoms with E-state index in [9.17, 15) is 14.7 Å². The fraction of sp³-hybridized carbons (Fsp3) is 0.385. The first-order chi connectivity index (χ1) is 8.65. The second-order valence-electron chi connectivity index (χ2n) is 4.34. The van der Waals surface area contributed by atoms with E-state index in [4.69, 9.17) is 5.73 Å². The quantitative estimate of drug-likeness (QED) is 0.774. The van der Waals surface area contributed by atoms with Crippen molar-refractivity contribution < 1.29 is 14.7 Å². The Morgan fingerprint density at radius 3 is 2.50 bits per heavy atom. The lowest BCUT2D eigenvalue weighted by Gasteiger charge is -2.30. The van der Waals surface area contributed by atoms with Crippen molar-refractivity contribution in [3.05, 3.63) is 35.9 Å². The molecule has 18 heavy (non-hydrogen) atoms. The second-order valence-corrected chi connectivity index (χ2v) is 4.34. The number of rotatable bonds is 3. The third-order valence-electron chi connectivity index (χ3n) is 3.30. The summed E-state index contributed by atoms with van der Waals surface area (Å²) >= 11 is 0. The monoisotopic (exact) mass is 247 g/mol. The molecule has 0 radical (unpaired) electrons. The van der Waals surface area contributed by atoms with Crippen LogP contribution in [0.2, 0.25) is 0 Å². The zero-order valence-electron chi connectivity index (χ0n) is 9.91. The number of amides is 1. The van der Waals surface area contributed by atoms with Gasteiger partial charge in [0.2, 0.25) is 5.91 Å². The average molecular weight is 247 g/mol. The minimum Gasteiger partial charge on any atom is -0.548 e. The van der Waals surface area contributed by atoms with Gasteiger partial charge in [-0.1, -0.05) is 30.3 Å². The maximum atomic E-state index is 11.8. The summed E-state index contributed by atoms with van der Waals surface area (Å²) in [7, 11) is 0. The van der Waals surface area contributed by atoms with Crippen LogP contribution in [0.25, 0.3) is 0 Å². The molecule has 1 amide bonds. The molecule has 0 aromatic heterocycles. The van der Waals surface area contributed by atoms with Crippen LogP contribution in [0.4, 0.5) is 0 Å². The Bertz CT molecular complexity index is 447. The SMILES string of the molecule is NCC(=O)N1C(C(=O)[O-])CCC1c1ccccc1. The van der Waals surface area contributed by atoms with Crippen molar-refractivity contribution in [3.63, 3.8) is 0 Å². The van der Waals surface area contributed by atoms with Gasteiger partial charge in [-0.15, -0.1) is 0 Å². The van der Waals surface area contributed by atoms with Gasteiger partial charge in [0.15, 0.2) is 0 Å². The molecule has 1 aromatic carbocycles. The van der Waals surface area contributed by atoms with Crippen molar-refractivity contribution in [3.8, 4) is 0 Å². The van der Waals surface area contributed by atoms with Crippen LogP contribution in [0.5, 0.6) is 0 Å². The van der Waals surface area contributed by atoms with E-state index in [0.29, 0.717) is 12.8 Å². The van der Waals surface area contributed by atoms with Crippen LogP contribution >= 0.6 is 0 Å². The Hall–Kier alpha value is -1.88. The molecule has 2 rings (SSSR count). The molecule has 5 heteroatoms. The molecule has 1 aliphatic heterocycles. The molecule has 1 aliphatic rings. The molecule has 96 valence electrons. The van der Waals surface area contributed by atoms with E-state index in [1.54, 1.807) is 0 Å². The lowest BCUT2D eigenvalue weighted by Crippen LogP contribution is -2.49. The third-order valence-corrected chi connectivity index (χ3v) is 3.30. The van der Waals surface area contributed by atoms with Crippen molar-refractivity contribution in [1.29, 1.82) is 0 Å². The Labute approximate surface area is 105 Å². The molecule has 2 unspecified atom stereocenters. The van der Waals surface area contributed by atoms with Gasteiger partial charge in [0, 0.05) is 0 Å². The highest BCUT2D eigenvalue weighted by molar-refractivity contribution is 5.85. The van der Waals surface area contributed by atoms with E-state index in [1.165, 1.54) is 4.90 Å². The first kappa shape index (κ1) is 12.6. The van der Waals surface area contributed by atoms with Gasteiger partial charge in [-0.25, -0.2) is 0 Å². The topological polar surface area (TPSA) is 86.5 Å². The molecule has 0 saturated carbocycles. The molecule has 2 N–H and O–H groups in total. The summed E-state index contributed by atoms with van der Waals surface area (Å²) in [5.41, 5.74) is 6.28. The maximum Gasteiger partial charge on any atom is 0.237 e. The molecular weight excluding hydrogens is 232 g/mol. The van der Waals surface area contributed by atoms with Crippen LogP contribution in [-0.2, 0) is 9.59 Å². The third kappa shape index (κ3) is 2.22. The predicted octanol–water partition coefficient (Wildman–Crippen LogP) is -0.573. The van der Waals surface area contributed by atoms with Gasteiger partial charge >= 0.3 is 0 Å². The molecule has 0 spiro atoms. The fourth-order valence-corrected chi connectivity index (χ4v) is 2.50. The number of likely N-dealkylation sites (tertiary alicyclic amines) is 1. The molecule has 1 aromatic rings. The normalized spacial score (nSPS) is 23.1. The zero-order chi connectivity index (χ0) is 13.1. The van der Waals surface area contributed by atoms with Crippen molar-refractivity contribution in [1.82, 2.24) is 4.90 Å². The number of aliphatic carboxylic acids is 1. The standard InChI is InChI=1S/C13H16N2O3/c14-8-12(16)15-10(6-7-11(15)13(17)18)9-4-2-1-3-5-9/h1-5,10-11H,6-8,14H2,(H,17,18)/p-1. The molecule has 1 fully saturated rings. The summed E-state index contributed by atoms with van der Waals surface area (Å²) in [5.74, 6) is -1.56. The van der Waals surface area contributed by atoms with Crippen LogP contribution < -0.4 is 10.8 Å². The maximum absolute atomic E-state index is 11.8. The number of hydrogen-bond donors (Lipinski definition) is 1. The highest BCUT2D eigenvalue weighted by atomic mass is 16.4. The molecule has 0 aliphatic carbocycles. The summed E-state index contributed by atoms with van der Waals surface area (Å²) in [4.78, 5) is 24.2. The molecule has 2 atom stereocenters. The van der Waals surface area contributed by atoms with Crippen molar-refractivity contribution in [2.45, 2.75) is 24.9 Å². The van der Waals surface area contributed by atoms with E-state index >= 15 is 0 Å². The van der Waals surface area contributed by atoms with Gasteiger partial charge in [-0.05, 0) is 18.4 Å². The Morgan fingerprint density at radius 2 is 1.94 bits per heavy atom. The Kier molecular flexibility index (Phi) is 3.62. The largest absolute Gasteiger partial charge is 0.548 e. The first-order valence-electron chi connectivity index (χ1n) is 5.92. The predicted molar refractivity (Wildman–Crippen MR) is 63.1 cm³/mol. The molecule has 0 bridgehead atoms. The average Bonchev–Trinajstić information content (AvgIpc) is 2.83. The van der Waals surface area contributed by atoms with E-state index in [2.05, 4.69) is 0 Å². The van der Waals surface area contributed by atoms with Crippen LogP contribution in [0.3, 0.4) is 0 Å². The van der Waals surface area contributed by atoms with Crippen LogP contribution in [0.15, 0.2) is 30.3 Å². The number of carbonyl (C=O) groups excluding carboxylic acids is 2. The number of hydrogen-bond acceptors (Lipinski definition) is 4. The molecule has 1 heterocycles. The van der Waals surface area contributed by atoms with Gasteiger partial charge in [0.05, 0.1) is 24.6 Å². The minimum atomic E-state index is -1.21. The van der Waals surface area contributed by atoms with Crippen LogP contribution in [0.1, 0.15) is 24.4 Å². The van der Waals surface area contributed by atoms with Gasteiger partial charge in [-0.2, -0.15) is 0 Å². The van der Waals surface area contributed by atoms with Gasteiger partial charge in [-0.3, -0.25) is 4.79 Å². The number of carboxylic acids is 1. The fourth-order valence-electron chi connectivity index (χ4n) is 2.50. The van der Waals surface area contributed by atoms with E-state index in [-0.39, 0.29) is 18.5 Å². The lowest BCUT2D eigenvalue weighted by atomic mass is 10.0. The Morgan fingerprint density at radius 1 is 1.28 bits per heavy atom. The van der Waals surface area contributed by atoms with Crippen molar-refractivity contribution in [2.24, 2.45) is 5.73 Å². The summed E-state index contributed by atoms with van der Waals surface area (Å²) in [6, 6.07) is 8.30. The van der Waals surface area contributed by atoms with Crippen LogP contribution in [-0.4, -0.2) is 29.4 Å². The second kappa shape index (κ2) is 5.18. The number of nitrogens with two attached hydrogens (primary N) is 1. The zero-order valence-corrected chi connectivity index (χ0v) is 9.91. The van der Waals surface area contributed by atoms with Gasteiger partial charge < -0.3 is 20.5 Å². The van der Waals surface area contributed by atoms with Crippen molar-refractivity contribution >= 4 is 11.9 Å². The number of benzene rings is 1. The smallest absolute Gasteiger partial charge is 0.237 e. The van der Waals surface area contributed by atoms with Crippen molar-refractivity contribution in [2.75, 3.05) is 6.54 Å². The minimum absolute atomic E-state index is 0.187. The molecular formula is C13H15N2O3-. The van der Waals surface area contributed by atoms with Gasteiger partial charge in [0.1, 0.15) is 0 Å². The highest BCUT2D eigenvalue weighted by Crippen LogP contribution is 2.35. The lowest BCUT2D eigenvalue weighted by molar-refractivity contribution is -0.310.